The Bertz CT molecular complexity index is 2560. The molecule has 0 N–H and O–H groups in total. The van der Waals surface area contributed by atoms with Gasteiger partial charge in [-0.25, -0.2) is 15.0 Å². The third-order valence-corrected chi connectivity index (χ3v) is 8.77. The summed E-state index contributed by atoms with van der Waals surface area (Å²) >= 11 is 0. The Morgan fingerprint density at radius 3 is 1.45 bits per heavy atom. The lowest BCUT2D eigenvalue weighted by molar-refractivity contribution is 0.670. The van der Waals surface area contributed by atoms with Crippen molar-refractivity contribution in [2.75, 3.05) is 0 Å². The molecule has 7 aromatic carbocycles. The number of para-hydroxylation sites is 1. The molecule has 2 heterocycles. The summed E-state index contributed by atoms with van der Waals surface area (Å²) < 4.78 is 6.57. The number of hydrogen-bond acceptors (Lipinski definition) is 4. The molecule has 0 radical (unpaired) electrons. The molecule has 0 saturated heterocycles. The molecule has 0 spiro atoms. The molecule has 0 aliphatic carbocycles. The van der Waals surface area contributed by atoms with Crippen molar-refractivity contribution in [3.63, 3.8) is 0 Å². The molecule has 0 unspecified atom stereocenters. The van der Waals surface area contributed by atoms with Crippen LogP contribution in [0.3, 0.4) is 0 Å². The number of hydrogen-bond donors (Lipinski definition) is 0. The van der Waals surface area contributed by atoms with E-state index in [0.717, 1.165) is 60.5 Å². The maximum absolute atomic E-state index is 6.57. The van der Waals surface area contributed by atoms with Crippen LogP contribution in [-0.4, -0.2) is 15.0 Å². The number of rotatable bonds is 5. The number of nitrogens with zero attached hydrogens (tertiary/aromatic N) is 3. The van der Waals surface area contributed by atoms with Crippen LogP contribution in [0.15, 0.2) is 168 Å². The number of fused-ring (bicyclic) bond motifs is 4. The molecule has 0 amide bonds. The fraction of sp³-hybridized carbons (Fsp3) is 0. The van der Waals surface area contributed by atoms with Gasteiger partial charge < -0.3 is 4.42 Å². The van der Waals surface area contributed by atoms with Crippen molar-refractivity contribution in [2.24, 2.45) is 0 Å². The van der Waals surface area contributed by atoms with Gasteiger partial charge in [-0.05, 0) is 51.7 Å². The summed E-state index contributed by atoms with van der Waals surface area (Å²) in [6.45, 7) is 0. The van der Waals surface area contributed by atoms with E-state index in [4.69, 9.17) is 19.4 Å². The maximum Gasteiger partial charge on any atom is 0.164 e. The van der Waals surface area contributed by atoms with E-state index in [2.05, 4.69) is 103 Å². The summed E-state index contributed by atoms with van der Waals surface area (Å²) in [5, 5.41) is 4.25. The minimum atomic E-state index is 0.598. The van der Waals surface area contributed by atoms with Crippen LogP contribution in [-0.2, 0) is 0 Å². The van der Waals surface area contributed by atoms with E-state index < -0.39 is 0 Å². The van der Waals surface area contributed by atoms with Gasteiger partial charge in [0.1, 0.15) is 11.2 Å². The molecule has 0 fully saturated rings. The molecule has 220 valence electrons. The zero-order valence-corrected chi connectivity index (χ0v) is 25.3. The Hall–Kier alpha value is -6.39. The van der Waals surface area contributed by atoms with E-state index in [9.17, 15) is 0 Å². The predicted octanol–water partition coefficient (Wildman–Crippen LogP) is 11.3. The Morgan fingerprint density at radius 1 is 0.319 bits per heavy atom. The van der Waals surface area contributed by atoms with E-state index in [1.54, 1.807) is 0 Å². The van der Waals surface area contributed by atoms with Gasteiger partial charge in [0.2, 0.25) is 0 Å². The standard InChI is InChI=1S/C43H27N3O/c1-4-14-28(15-5-1)31-24-26-35(34-21-11-10-20-33(31)34)42-44-41(30-18-8-3-9-19-30)45-43(46-42)37-27-25-32(29-16-6-2-7-17-29)40-39(37)36-22-12-13-23-38(36)47-40/h1-27H. The molecule has 0 aliphatic heterocycles. The first-order valence-corrected chi connectivity index (χ1v) is 15.7. The Kier molecular flexibility index (Phi) is 6.43. The Balaban J connectivity index is 1.32. The SMILES string of the molecule is c1ccc(-c2nc(-c3ccc(-c4ccccc4)c4ccccc34)nc(-c3ccc(-c4ccccc4)c4oc5ccccc5c34)n2)cc1. The molecular formula is C43H27N3O. The van der Waals surface area contributed by atoms with Gasteiger partial charge in [0.25, 0.3) is 0 Å². The third-order valence-electron chi connectivity index (χ3n) is 8.77. The average molecular weight is 602 g/mol. The van der Waals surface area contributed by atoms with Crippen LogP contribution in [0, 0.1) is 0 Å². The normalized spacial score (nSPS) is 11.4. The van der Waals surface area contributed by atoms with Gasteiger partial charge in [-0.15, -0.1) is 0 Å². The summed E-state index contributed by atoms with van der Waals surface area (Å²) in [6.07, 6.45) is 0. The van der Waals surface area contributed by atoms with Gasteiger partial charge in [0, 0.05) is 33.0 Å². The second kappa shape index (κ2) is 11.2. The highest BCUT2D eigenvalue weighted by atomic mass is 16.3. The van der Waals surface area contributed by atoms with Gasteiger partial charge >= 0.3 is 0 Å². The number of aromatic nitrogens is 3. The molecule has 0 aliphatic rings. The van der Waals surface area contributed by atoms with Crippen molar-refractivity contribution >= 4 is 32.7 Å². The number of benzene rings is 7. The van der Waals surface area contributed by atoms with Gasteiger partial charge in [0.15, 0.2) is 17.5 Å². The molecule has 4 nitrogen and oxygen atoms in total. The average Bonchev–Trinajstić information content (AvgIpc) is 3.55. The Morgan fingerprint density at radius 2 is 0.766 bits per heavy atom. The molecule has 2 aromatic heterocycles. The summed E-state index contributed by atoms with van der Waals surface area (Å²) in [6, 6.07) is 56.2. The second-order valence-electron chi connectivity index (χ2n) is 11.6. The minimum Gasteiger partial charge on any atom is -0.455 e. The third kappa shape index (κ3) is 4.66. The first-order valence-electron chi connectivity index (χ1n) is 15.7. The topological polar surface area (TPSA) is 51.8 Å². The number of furan rings is 1. The molecule has 9 aromatic rings. The predicted molar refractivity (Wildman–Crippen MR) is 192 cm³/mol. The molecule has 4 heteroatoms. The van der Waals surface area contributed by atoms with Crippen molar-refractivity contribution in [3.8, 4) is 56.4 Å². The molecular weight excluding hydrogens is 574 g/mol. The summed E-state index contributed by atoms with van der Waals surface area (Å²) in [5.74, 6) is 1.84. The van der Waals surface area contributed by atoms with Crippen molar-refractivity contribution in [2.45, 2.75) is 0 Å². The van der Waals surface area contributed by atoms with Crippen LogP contribution in [0.1, 0.15) is 0 Å². The summed E-state index contributed by atoms with van der Waals surface area (Å²) in [7, 11) is 0. The molecule has 0 saturated carbocycles. The van der Waals surface area contributed by atoms with Gasteiger partial charge in [-0.1, -0.05) is 140 Å². The monoisotopic (exact) mass is 601 g/mol. The van der Waals surface area contributed by atoms with E-state index in [1.165, 1.54) is 11.1 Å². The van der Waals surface area contributed by atoms with Gasteiger partial charge in [0.05, 0.1) is 0 Å². The van der Waals surface area contributed by atoms with Crippen LogP contribution in [0.25, 0.3) is 89.1 Å². The van der Waals surface area contributed by atoms with Crippen LogP contribution >= 0.6 is 0 Å². The molecule has 0 atom stereocenters. The summed E-state index contributed by atoms with van der Waals surface area (Å²) in [5.41, 5.74) is 8.88. The van der Waals surface area contributed by atoms with Crippen LogP contribution < -0.4 is 0 Å². The highest BCUT2D eigenvalue weighted by Crippen LogP contribution is 2.42. The first-order chi connectivity index (χ1) is 23.3. The summed E-state index contributed by atoms with van der Waals surface area (Å²) in [4.78, 5) is 15.4. The lowest BCUT2D eigenvalue weighted by Gasteiger charge is -2.13. The molecule has 47 heavy (non-hydrogen) atoms. The van der Waals surface area contributed by atoms with Crippen LogP contribution in [0.4, 0.5) is 0 Å². The fourth-order valence-corrected chi connectivity index (χ4v) is 6.56. The Labute approximate surface area is 271 Å². The van der Waals surface area contributed by atoms with Crippen molar-refractivity contribution in [3.05, 3.63) is 164 Å². The largest absolute Gasteiger partial charge is 0.455 e. The highest BCUT2D eigenvalue weighted by Gasteiger charge is 2.21. The lowest BCUT2D eigenvalue weighted by atomic mass is 9.94. The van der Waals surface area contributed by atoms with Crippen LogP contribution in [0.2, 0.25) is 0 Å². The van der Waals surface area contributed by atoms with Crippen LogP contribution in [0.5, 0.6) is 0 Å². The fourth-order valence-electron chi connectivity index (χ4n) is 6.56. The maximum atomic E-state index is 6.57. The van der Waals surface area contributed by atoms with E-state index in [0.29, 0.717) is 17.5 Å². The van der Waals surface area contributed by atoms with Crippen molar-refractivity contribution < 1.29 is 4.42 Å². The van der Waals surface area contributed by atoms with Crippen molar-refractivity contribution in [1.82, 2.24) is 15.0 Å². The second-order valence-corrected chi connectivity index (χ2v) is 11.6. The molecule has 0 bridgehead atoms. The van der Waals surface area contributed by atoms with E-state index in [-0.39, 0.29) is 0 Å². The zero-order valence-electron chi connectivity index (χ0n) is 25.3. The quantitative estimate of drug-likeness (QED) is 0.197. The van der Waals surface area contributed by atoms with E-state index >= 15 is 0 Å². The lowest BCUT2D eigenvalue weighted by Crippen LogP contribution is -2.01. The first kappa shape index (κ1) is 27.0. The van der Waals surface area contributed by atoms with Crippen molar-refractivity contribution in [1.29, 1.82) is 0 Å². The van der Waals surface area contributed by atoms with E-state index in [1.807, 2.05) is 60.7 Å². The van der Waals surface area contributed by atoms with Gasteiger partial charge in [-0.3, -0.25) is 0 Å². The zero-order chi connectivity index (χ0) is 31.2. The smallest absolute Gasteiger partial charge is 0.164 e. The highest BCUT2D eigenvalue weighted by molar-refractivity contribution is 6.16. The van der Waals surface area contributed by atoms with Gasteiger partial charge in [-0.2, -0.15) is 0 Å². The minimum absolute atomic E-state index is 0.598. The molecule has 9 rings (SSSR count).